The van der Waals surface area contributed by atoms with Crippen LogP contribution >= 0.6 is 0 Å². The summed E-state index contributed by atoms with van der Waals surface area (Å²) in [6.07, 6.45) is -1.93. The van der Waals surface area contributed by atoms with E-state index in [-0.39, 0.29) is 17.9 Å². The minimum atomic E-state index is -4.93. The molecule has 1 amide bonds. The molecule has 0 aromatic carbocycles. The zero-order valence-corrected chi connectivity index (χ0v) is 21.3. The molecule has 3 aromatic heterocycles. The topological polar surface area (TPSA) is 101 Å². The molecule has 3 aromatic rings. The van der Waals surface area contributed by atoms with Crippen molar-refractivity contribution in [3.8, 4) is 17.1 Å². The zero-order valence-electron chi connectivity index (χ0n) is 21.3. The van der Waals surface area contributed by atoms with Crippen molar-refractivity contribution in [2.24, 2.45) is 0 Å². The van der Waals surface area contributed by atoms with Crippen molar-refractivity contribution in [2.45, 2.75) is 57.5 Å². The fourth-order valence-electron chi connectivity index (χ4n) is 4.12. The van der Waals surface area contributed by atoms with Crippen molar-refractivity contribution in [1.29, 1.82) is 0 Å². The highest BCUT2D eigenvalue weighted by Crippen LogP contribution is 2.43. The summed E-state index contributed by atoms with van der Waals surface area (Å²) in [5, 5.41) is 13.6. The Balaban J connectivity index is 1.59. The van der Waals surface area contributed by atoms with Crippen LogP contribution in [0.5, 0.6) is 5.75 Å². The highest BCUT2D eigenvalue weighted by atomic mass is 19.4. The van der Waals surface area contributed by atoms with E-state index in [1.54, 1.807) is 23.1 Å². The summed E-state index contributed by atoms with van der Waals surface area (Å²) in [5.74, 6) is 0.408. The normalized spacial score (nSPS) is 18.1. The molecular formula is C25H30F3N5O4. The van der Waals surface area contributed by atoms with Crippen LogP contribution in [0.2, 0.25) is 0 Å². The van der Waals surface area contributed by atoms with Crippen molar-refractivity contribution in [1.82, 2.24) is 19.3 Å². The van der Waals surface area contributed by atoms with E-state index in [2.05, 4.69) is 15.3 Å². The lowest BCUT2D eigenvalue weighted by Crippen LogP contribution is -2.39. The molecule has 1 fully saturated rings. The van der Waals surface area contributed by atoms with Gasteiger partial charge in [0.05, 0.1) is 30.3 Å². The Kier molecular flexibility index (Phi) is 6.74. The molecule has 2 unspecified atom stereocenters. The lowest BCUT2D eigenvalue weighted by Gasteiger charge is -2.28. The van der Waals surface area contributed by atoms with Gasteiger partial charge in [0.25, 0.3) is 0 Å². The van der Waals surface area contributed by atoms with Crippen molar-refractivity contribution >= 4 is 17.6 Å². The number of aromatic nitrogens is 3. The van der Waals surface area contributed by atoms with Crippen LogP contribution < -0.4 is 10.1 Å². The number of halogens is 3. The molecule has 0 aliphatic carbocycles. The monoisotopic (exact) mass is 521 g/mol. The molecule has 1 saturated heterocycles. The third-order valence-electron chi connectivity index (χ3n) is 6.11. The number of rotatable bonds is 5. The second-order valence-corrected chi connectivity index (χ2v) is 10.2. The van der Waals surface area contributed by atoms with Crippen molar-refractivity contribution in [3.63, 3.8) is 0 Å². The zero-order chi connectivity index (χ0) is 27.2. The summed E-state index contributed by atoms with van der Waals surface area (Å²) < 4.78 is 52.8. The average molecular weight is 522 g/mol. The van der Waals surface area contributed by atoms with Crippen molar-refractivity contribution < 1.29 is 32.5 Å². The van der Waals surface area contributed by atoms with Gasteiger partial charge in [0, 0.05) is 31.4 Å². The number of anilines is 1. The summed E-state index contributed by atoms with van der Waals surface area (Å²) in [4.78, 5) is 22.9. The molecule has 4 heterocycles. The van der Waals surface area contributed by atoms with Gasteiger partial charge >= 0.3 is 12.3 Å². The van der Waals surface area contributed by atoms with Crippen LogP contribution in [-0.4, -0.2) is 68.5 Å². The first-order valence-corrected chi connectivity index (χ1v) is 11.8. The van der Waals surface area contributed by atoms with E-state index in [1.807, 2.05) is 20.8 Å². The van der Waals surface area contributed by atoms with Crippen LogP contribution in [0.15, 0.2) is 36.7 Å². The Hall–Kier alpha value is -3.54. The first kappa shape index (κ1) is 26.5. The summed E-state index contributed by atoms with van der Waals surface area (Å²) in [6, 6.07) is 6.54. The number of pyridine rings is 2. The lowest BCUT2D eigenvalue weighted by molar-refractivity contribution is -0.259. The van der Waals surface area contributed by atoms with Gasteiger partial charge in [-0.1, -0.05) is 6.07 Å². The number of ether oxygens (including phenoxy) is 2. The van der Waals surface area contributed by atoms with Gasteiger partial charge in [-0.25, -0.2) is 14.8 Å². The van der Waals surface area contributed by atoms with Gasteiger partial charge in [-0.3, -0.25) is 4.40 Å². The van der Waals surface area contributed by atoms with E-state index in [9.17, 15) is 23.1 Å². The van der Waals surface area contributed by atoms with E-state index < -0.39 is 22.9 Å². The maximum atomic E-state index is 13.6. The number of hydrogen-bond acceptors (Lipinski definition) is 7. The quantitative estimate of drug-likeness (QED) is 0.506. The van der Waals surface area contributed by atoms with Gasteiger partial charge in [-0.15, -0.1) is 0 Å². The van der Waals surface area contributed by atoms with Crippen LogP contribution in [0, 0.1) is 0 Å². The molecule has 0 radical (unpaired) electrons. The summed E-state index contributed by atoms with van der Waals surface area (Å²) >= 11 is 0. The largest absolute Gasteiger partial charge is 0.496 e. The number of fused-ring (bicyclic) bond motifs is 1. The van der Waals surface area contributed by atoms with Gasteiger partial charge in [-0.05, 0) is 46.2 Å². The lowest BCUT2D eigenvalue weighted by atomic mass is 9.96. The number of imidazole rings is 1. The van der Waals surface area contributed by atoms with Gasteiger partial charge in [0.15, 0.2) is 5.60 Å². The molecule has 0 saturated carbocycles. The number of hydrogen-bond donors (Lipinski definition) is 2. The third-order valence-corrected chi connectivity index (χ3v) is 6.11. The van der Waals surface area contributed by atoms with Gasteiger partial charge in [0.2, 0.25) is 0 Å². The number of aliphatic hydroxyl groups is 1. The smallest absolute Gasteiger partial charge is 0.421 e. The molecule has 4 rings (SSSR count). The van der Waals surface area contributed by atoms with E-state index in [4.69, 9.17) is 9.47 Å². The minimum Gasteiger partial charge on any atom is -0.496 e. The fraction of sp³-hybridized carbons (Fsp3) is 0.480. The van der Waals surface area contributed by atoms with Gasteiger partial charge < -0.3 is 24.8 Å². The molecular weight excluding hydrogens is 491 g/mol. The van der Waals surface area contributed by atoms with Crippen molar-refractivity contribution in [2.75, 3.05) is 25.5 Å². The molecule has 37 heavy (non-hydrogen) atoms. The predicted molar refractivity (Wildman–Crippen MR) is 130 cm³/mol. The van der Waals surface area contributed by atoms with E-state index >= 15 is 0 Å². The number of amides is 1. The number of methoxy groups -OCH3 is 1. The number of nitrogens with one attached hydrogen (secondary N) is 1. The van der Waals surface area contributed by atoms with Crippen LogP contribution in [0.1, 0.15) is 39.7 Å². The van der Waals surface area contributed by atoms with E-state index in [0.29, 0.717) is 49.3 Å². The summed E-state index contributed by atoms with van der Waals surface area (Å²) in [6.45, 7) is 7.12. The Morgan fingerprint density at radius 1 is 1.22 bits per heavy atom. The SMILES string of the molecule is COc1cc2ncc(-c3cccc(NC4CCN(C(=O)OC(C)(C)C)C4)n3)n2cc1C(C)(O)C(F)(F)F. The number of carbonyl (C=O) groups is 1. The number of alkyl halides is 3. The maximum Gasteiger partial charge on any atom is 0.421 e. The third kappa shape index (κ3) is 5.43. The van der Waals surface area contributed by atoms with Crippen LogP contribution in [-0.2, 0) is 10.3 Å². The second-order valence-electron chi connectivity index (χ2n) is 10.2. The summed E-state index contributed by atoms with van der Waals surface area (Å²) in [7, 11) is 1.23. The Labute approximate surface area is 212 Å². The Bertz CT molecular complexity index is 1300. The fourth-order valence-corrected chi connectivity index (χ4v) is 4.12. The molecule has 0 spiro atoms. The molecule has 1 aliphatic heterocycles. The minimum absolute atomic E-state index is 0.0461. The van der Waals surface area contributed by atoms with Crippen LogP contribution in [0.3, 0.4) is 0 Å². The average Bonchev–Trinajstić information content (AvgIpc) is 3.43. The highest BCUT2D eigenvalue weighted by molar-refractivity contribution is 5.69. The summed E-state index contributed by atoms with van der Waals surface area (Å²) in [5.41, 5.74) is -2.95. The molecule has 200 valence electrons. The molecule has 0 bridgehead atoms. The van der Waals surface area contributed by atoms with Gasteiger partial charge in [-0.2, -0.15) is 13.2 Å². The molecule has 12 heteroatoms. The molecule has 2 atom stereocenters. The molecule has 2 N–H and O–H groups in total. The predicted octanol–water partition coefficient (Wildman–Crippen LogP) is 4.60. The van der Waals surface area contributed by atoms with Gasteiger partial charge in [0.1, 0.15) is 22.8 Å². The maximum absolute atomic E-state index is 13.6. The number of carbonyl (C=O) groups excluding carboxylic acids is 1. The van der Waals surface area contributed by atoms with E-state index in [0.717, 1.165) is 0 Å². The standard InChI is InChI=1S/C25H30F3N5O4/c1-23(2,3)37-22(34)32-10-9-15(13-32)30-20-8-6-7-17(31-20)18-12-29-21-11-19(36-5)16(14-33(18)21)24(4,35)25(26,27)28/h6-8,11-12,14-15,35H,9-10,13H2,1-5H3,(H,30,31). The second kappa shape index (κ2) is 9.40. The molecule has 9 nitrogen and oxygen atoms in total. The van der Waals surface area contributed by atoms with Crippen LogP contribution in [0.25, 0.3) is 17.0 Å². The first-order chi connectivity index (χ1) is 17.2. The first-order valence-electron chi connectivity index (χ1n) is 11.8. The highest BCUT2D eigenvalue weighted by Gasteiger charge is 2.53. The Morgan fingerprint density at radius 3 is 2.59 bits per heavy atom. The van der Waals surface area contributed by atoms with Crippen LogP contribution in [0.4, 0.5) is 23.8 Å². The number of likely N-dealkylation sites (tertiary alicyclic amines) is 1. The number of nitrogens with zero attached hydrogens (tertiary/aromatic N) is 4. The Morgan fingerprint density at radius 2 is 1.95 bits per heavy atom. The van der Waals surface area contributed by atoms with E-state index in [1.165, 1.54) is 30.0 Å². The van der Waals surface area contributed by atoms with Crippen molar-refractivity contribution in [3.05, 3.63) is 42.2 Å². The molecule has 1 aliphatic rings.